The molecular formula is C15H9BrCl2N4O3S2. The van der Waals surface area contributed by atoms with Gasteiger partial charge in [0.2, 0.25) is 5.13 Å². The van der Waals surface area contributed by atoms with E-state index in [0.717, 1.165) is 4.47 Å². The molecule has 0 aliphatic heterocycles. The molecule has 1 heterocycles. The highest BCUT2D eigenvalue weighted by molar-refractivity contribution is 9.10. The first kappa shape index (κ1) is 20.0. The van der Waals surface area contributed by atoms with Crippen LogP contribution in [-0.4, -0.2) is 24.5 Å². The van der Waals surface area contributed by atoms with Gasteiger partial charge < -0.3 is 0 Å². The molecule has 1 aromatic heterocycles. The number of carbonyl (C=O) groups excluding carboxylic acids is 1. The highest BCUT2D eigenvalue weighted by Crippen LogP contribution is 2.25. The average molecular weight is 508 g/mol. The van der Waals surface area contributed by atoms with E-state index in [9.17, 15) is 13.2 Å². The zero-order valence-electron chi connectivity index (χ0n) is 13.1. The highest BCUT2D eigenvalue weighted by Gasteiger charge is 2.22. The molecule has 0 bridgehead atoms. The Morgan fingerprint density at radius 1 is 1.07 bits per heavy atom. The molecule has 0 saturated heterocycles. The number of rotatable bonds is 5. The fraction of sp³-hybridized carbons (Fsp3) is 0. The number of sulfonamides is 1. The van der Waals surface area contributed by atoms with Gasteiger partial charge in [0.25, 0.3) is 20.3 Å². The van der Waals surface area contributed by atoms with Crippen molar-refractivity contribution >= 4 is 77.2 Å². The Morgan fingerprint density at radius 3 is 2.44 bits per heavy atom. The van der Waals surface area contributed by atoms with Crippen molar-refractivity contribution in [1.82, 2.24) is 10.2 Å². The molecular weight excluding hydrogens is 499 g/mol. The van der Waals surface area contributed by atoms with E-state index in [1.807, 2.05) is 0 Å². The summed E-state index contributed by atoms with van der Waals surface area (Å²) < 4.78 is 27.7. The molecule has 0 fully saturated rings. The Morgan fingerprint density at radius 2 is 1.78 bits per heavy atom. The lowest BCUT2D eigenvalue weighted by Gasteiger charge is -2.05. The fourth-order valence-corrected chi connectivity index (χ4v) is 4.64. The standard InChI is InChI=1S/C15H9BrCl2N4O3S2/c16-8-1-4-10(5-2-8)22-27(24,25)15-21-20-14(26-15)19-13(23)11-6-3-9(17)7-12(11)18/h1-7,22H,(H,19,20,23). The molecule has 2 N–H and O–H groups in total. The number of hydrogen-bond acceptors (Lipinski definition) is 6. The van der Waals surface area contributed by atoms with Crippen LogP contribution in [0.4, 0.5) is 10.8 Å². The summed E-state index contributed by atoms with van der Waals surface area (Å²) in [5.74, 6) is -0.558. The van der Waals surface area contributed by atoms with Gasteiger partial charge >= 0.3 is 0 Å². The lowest BCUT2D eigenvalue weighted by molar-refractivity contribution is 0.102. The molecule has 140 valence electrons. The molecule has 7 nitrogen and oxygen atoms in total. The Hall–Kier alpha value is -1.72. The highest BCUT2D eigenvalue weighted by atomic mass is 79.9. The Bertz CT molecular complexity index is 1100. The first-order chi connectivity index (χ1) is 12.7. The summed E-state index contributed by atoms with van der Waals surface area (Å²) in [4.78, 5) is 12.3. The molecule has 1 amide bonds. The number of hydrogen-bond donors (Lipinski definition) is 2. The van der Waals surface area contributed by atoms with Crippen molar-refractivity contribution in [2.45, 2.75) is 4.34 Å². The van der Waals surface area contributed by atoms with Crippen molar-refractivity contribution in [2.75, 3.05) is 10.0 Å². The van der Waals surface area contributed by atoms with Gasteiger partial charge in [-0.1, -0.05) is 50.5 Å². The van der Waals surface area contributed by atoms with Gasteiger partial charge in [0.15, 0.2) is 0 Å². The van der Waals surface area contributed by atoms with Crippen molar-refractivity contribution in [1.29, 1.82) is 0 Å². The smallest absolute Gasteiger partial charge is 0.291 e. The number of halogens is 3. The van der Waals surface area contributed by atoms with Gasteiger partial charge in [0.1, 0.15) is 0 Å². The number of amides is 1. The van der Waals surface area contributed by atoms with Crippen molar-refractivity contribution < 1.29 is 13.2 Å². The van der Waals surface area contributed by atoms with Crippen LogP contribution in [0, 0.1) is 0 Å². The van der Waals surface area contributed by atoms with Crippen molar-refractivity contribution in [3.63, 3.8) is 0 Å². The van der Waals surface area contributed by atoms with Crippen LogP contribution >= 0.6 is 50.5 Å². The van der Waals surface area contributed by atoms with Gasteiger partial charge in [-0.25, -0.2) is 0 Å². The minimum absolute atomic E-state index is 0.0159. The van der Waals surface area contributed by atoms with Crippen LogP contribution in [0.25, 0.3) is 0 Å². The zero-order valence-corrected chi connectivity index (χ0v) is 17.8. The number of benzene rings is 2. The summed E-state index contributed by atoms with van der Waals surface area (Å²) in [6, 6.07) is 11.0. The maximum atomic E-state index is 12.4. The maximum Gasteiger partial charge on any atom is 0.291 e. The van der Waals surface area contributed by atoms with Crippen LogP contribution in [0.15, 0.2) is 51.3 Å². The zero-order chi connectivity index (χ0) is 19.6. The lowest BCUT2D eigenvalue weighted by atomic mass is 10.2. The first-order valence-electron chi connectivity index (χ1n) is 7.13. The van der Waals surface area contributed by atoms with E-state index in [4.69, 9.17) is 23.2 Å². The fourth-order valence-electron chi connectivity index (χ4n) is 1.92. The van der Waals surface area contributed by atoms with Crippen LogP contribution < -0.4 is 10.0 Å². The van der Waals surface area contributed by atoms with Crippen molar-refractivity contribution in [2.24, 2.45) is 0 Å². The third kappa shape index (κ3) is 4.96. The van der Waals surface area contributed by atoms with Gasteiger partial charge in [-0.05, 0) is 42.5 Å². The lowest BCUT2D eigenvalue weighted by Crippen LogP contribution is -2.12. The monoisotopic (exact) mass is 506 g/mol. The second-order valence-corrected chi connectivity index (χ2v) is 9.66. The van der Waals surface area contributed by atoms with Crippen molar-refractivity contribution in [3.05, 3.63) is 62.5 Å². The van der Waals surface area contributed by atoms with E-state index in [1.165, 1.54) is 18.2 Å². The summed E-state index contributed by atoms with van der Waals surface area (Å²) in [6.45, 7) is 0. The molecule has 3 aromatic rings. The van der Waals surface area contributed by atoms with Gasteiger partial charge in [0, 0.05) is 15.2 Å². The molecule has 0 radical (unpaired) electrons. The first-order valence-corrected chi connectivity index (χ1v) is 11.0. The quantitative estimate of drug-likeness (QED) is 0.489. The summed E-state index contributed by atoms with van der Waals surface area (Å²) in [6.07, 6.45) is 0. The summed E-state index contributed by atoms with van der Waals surface area (Å²) >= 11 is 15.8. The molecule has 2 aromatic carbocycles. The number of anilines is 2. The molecule has 0 aliphatic rings. The third-order valence-corrected chi connectivity index (χ3v) is 6.79. The number of nitrogens with zero attached hydrogens (tertiary/aromatic N) is 2. The van der Waals surface area contributed by atoms with E-state index in [1.54, 1.807) is 24.3 Å². The van der Waals surface area contributed by atoms with Crippen LogP contribution in [0.2, 0.25) is 10.0 Å². The molecule has 0 aliphatic carbocycles. The van der Waals surface area contributed by atoms with E-state index in [-0.39, 0.29) is 20.1 Å². The average Bonchev–Trinajstić information content (AvgIpc) is 3.06. The number of aromatic nitrogens is 2. The van der Waals surface area contributed by atoms with Crippen LogP contribution in [0.1, 0.15) is 10.4 Å². The van der Waals surface area contributed by atoms with E-state index < -0.39 is 15.9 Å². The Kier molecular flexibility index (Phi) is 6.02. The van der Waals surface area contributed by atoms with Crippen LogP contribution in [0.3, 0.4) is 0 Å². The second kappa shape index (κ2) is 8.11. The molecule has 12 heteroatoms. The van der Waals surface area contributed by atoms with E-state index in [0.29, 0.717) is 22.0 Å². The topological polar surface area (TPSA) is 101 Å². The van der Waals surface area contributed by atoms with Crippen LogP contribution in [0.5, 0.6) is 0 Å². The molecule has 0 atom stereocenters. The Balaban J connectivity index is 1.75. The summed E-state index contributed by atoms with van der Waals surface area (Å²) in [7, 11) is -3.93. The van der Waals surface area contributed by atoms with Crippen molar-refractivity contribution in [3.8, 4) is 0 Å². The number of nitrogens with one attached hydrogen (secondary N) is 2. The molecule has 0 saturated carbocycles. The van der Waals surface area contributed by atoms with Gasteiger partial charge in [-0.3, -0.25) is 14.8 Å². The number of carbonyl (C=O) groups is 1. The van der Waals surface area contributed by atoms with Crippen LogP contribution in [-0.2, 0) is 10.0 Å². The molecule has 0 unspecified atom stereocenters. The maximum absolute atomic E-state index is 12.4. The predicted molar refractivity (Wildman–Crippen MR) is 109 cm³/mol. The second-order valence-electron chi connectivity index (χ2n) is 5.06. The summed E-state index contributed by atoms with van der Waals surface area (Å²) in [5.41, 5.74) is 0.542. The minimum Gasteiger partial charge on any atom is -0.296 e. The van der Waals surface area contributed by atoms with Gasteiger partial charge in [-0.2, -0.15) is 8.42 Å². The van der Waals surface area contributed by atoms with E-state index >= 15 is 0 Å². The summed E-state index contributed by atoms with van der Waals surface area (Å²) in [5, 5.41) is 10.3. The SMILES string of the molecule is O=C(Nc1nnc(S(=O)(=O)Nc2ccc(Br)cc2)s1)c1ccc(Cl)cc1Cl. The normalized spacial score (nSPS) is 11.2. The molecule has 27 heavy (non-hydrogen) atoms. The molecule has 0 spiro atoms. The van der Waals surface area contributed by atoms with Gasteiger partial charge in [0.05, 0.1) is 10.6 Å². The Labute approximate surface area is 176 Å². The largest absolute Gasteiger partial charge is 0.296 e. The predicted octanol–water partition coefficient (Wildman–Crippen LogP) is 4.66. The third-order valence-electron chi connectivity index (χ3n) is 3.13. The molecule has 3 rings (SSSR count). The van der Waals surface area contributed by atoms with E-state index in [2.05, 4.69) is 36.2 Å². The van der Waals surface area contributed by atoms with Gasteiger partial charge in [-0.15, -0.1) is 10.2 Å². The minimum atomic E-state index is -3.93.